The average molecular weight is 1060 g/mol. The molecule has 0 radical (unpaired) electrons. The van der Waals surface area contributed by atoms with Crippen molar-refractivity contribution in [2.45, 2.75) is 107 Å². The van der Waals surface area contributed by atoms with Gasteiger partial charge in [-0.2, -0.15) is 0 Å². The Labute approximate surface area is 477 Å². The minimum atomic E-state index is -0.216. The number of benzene rings is 8. The first-order chi connectivity index (χ1) is 38.6. The van der Waals surface area contributed by atoms with E-state index in [9.17, 15) is 0 Å². The third-order valence-electron chi connectivity index (χ3n) is 12.8. The Morgan fingerprint density at radius 1 is 0.380 bits per heavy atom. The van der Waals surface area contributed by atoms with Crippen LogP contribution in [0.3, 0.4) is 0 Å². The van der Waals surface area contributed by atoms with Gasteiger partial charge in [-0.05, 0) is 148 Å². The van der Waals surface area contributed by atoms with Gasteiger partial charge in [0.05, 0.1) is 0 Å². The molecule has 0 saturated heterocycles. The summed E-state index contributed by atoms with van der Waals surface area (Å²) in [4.78, 5) is 16.1. The summed E-state index contributed by atoms with van der Waals surface area (Å²) in [6.07, 6.45) is 8.75. The molecule has 0 unspecified atom stereocenters. The zero-order chi connectivity index (χ0) is 56.2. The highest BCUT2D eigenvalue weighted by molar-refractivity contribution is 7.19. The molecule has 0 N–H and O–H groups in total. The fourth-order valence-corrected chi connectivity index (χ4v) is 10.6. The SMILES string of the molecule is CC#Cc1ncc(-c2ccc3c(c2)C(C)(C)c2cc(-c4cc(-c5ccc(N(c6ccccc6)c6ccccc6)cc5)c(-c5ccc(N(c6ccccc6)c6ccccc6)cc5)s4)ccc2-3)cn1.CCC.CCC.CCC.CCC. The van der Waals surface area contributed by atoms with Gasteiger partial charge in [0.15, 0.2) is 0 Å². The summed E-state index contributed by atoms with van der Waals surface area (Å²) in [6, 6.07) is 76.7. The normalized spacial score (nSPS) is 11.2. The van der Waals surface area contributed by atoms with Crippen molar-refractivity contribution in [1.82, 2.24) is 9.97 Å². The molecule has 1 aliphatic carbocycles. The van der Waals surface area contributed by atoms with E-state index in [1.165, 1.54) is 79.9 Å². The Morgan fingerprint density at radius 3 is 1.11 bits per heavy atom. The predicted octanol–water partition coefficient (Wildman–Crippen LogP) is 22.5. The van der Waals surface area contributed by atoms with Crippen LogP contribution in [0.25, 0.3) is 54.3 Å². The van der Waals surface area contributed by atoms with Crippen LogP contribution in [-0.2, 0) is 5.41 Å². The minimum absolute atomic E-state index is 0.216. The van der Waals surface area contributed by atoms with Crippen molar-refractivity contribution in [3.8, 4) is 66.1 Å². The third kappa shape index (κ3) is 14.1. The molecule has 2 aromatic heterocycles. The van der Waals surface area contributed by atoms with Crippen LogP contribution < -0.4 is 9.80 Å². The first-order valence-corrected chi connectivity index (χ1v) is 29.1. The fourth-order valence-electron chi connectivity index (χ4n) is 9.44. The molecular weight excluding hydrogens is 977 g/mol. The smallest absolute Gasteiger partial charge is 0.204 e. The predicted molar refractivity (Wildman–Crippen MR) is 345 cm³/mol. The molecule has 0 saturated carbocycles. The van der Waals surface area contributed by atoms with E-state index in [1.807, 2.05) is 23.7 Å². The standard InChI is InChI=1S/C62H46N4S.4C3H8/c1-4-17-60-63-41-47(42-64-60)45-30-36-54-55-37-31-46(39-58(55)62(2,3)57(54)38-45)59-40-56(43-26-32-52(33-27-43)65(48-18-9-5-10-19-48)49-20-11-6-12-21-49)61(67-59)44-28-34-53(35-29-44)66(50-22-13-7-14-23-50)51-24-15-8-16-25-51;4*1-3-2/h5-16,18-42H,1-3H3;4*3H2,1-2H3. The van der Waals surface area contributed by atoms with E-state index in [0.717, 1.165) is 45.3 Å². The molecule has 5 heteroatoms. The van der Waals surface area contributed by atoms with Gasteiger partial charge in [-0.3, -0.25) is 0 Å². The Hall–Kier alpha value is -8.30. The van der Waals surface area contributed by atoms with Crippen LogP contribution in [0.1, 0.15) is 119 Å². The monoisotopic (exact) mass is 1050 g/mol. The zero-order valence-electron chi connectivity index (χ0n) is 48.4. The van der Waals surface area contributed by atoms with Crippen molar-refractivity contribution in [3.63, 3.8) is 0 Å². The van der Waals surface area contributed by atoms with Crippen molar-refractivity contribution >= 4 is 45.5 Å². The van der Waals surface area contributed by atoms with E-state index in [0.29, 0.717) is 5.82 Å². The summed E-state index contributed by atoms with van der Waals surface area (Å²) < 4.78 is 0. The molecule has 0 spiro atoms. The van der Waals surface area contributed by atoms with Crippen LogP contribution in [0, 0.1) is 11.8 Å². The van der Waals surface area contributed by atoms with E-state index < -0.39 is 0 Å². The minimum Gasteiger partial charge on any atom is -0.311 e. The molecule has 0 aliphatic heterocycles. The van der Waals surface area contributed by atoms with Gasteiger partial charge in [0.2, 0.25) is 5.82 Å². The summed E-state index contributed by atoms with van der Waals surface area (Å²) in [5.41, 5.74) is 18.5. The van der Waals surface area contributed by atoms with E-state index in [4.69, 9.17) is 0 Å². The van der Waals surface area contributed by atoms with Gasteiger partial charge in [-0.1, -0.05) is 222 Å². The van der Waals surface area contributed by atoms with E-state index in [-0.39, 0.29) is 5.41 Å². The molecule has 0 bridgehead atoms. The van der Waals surface area contributed by atoms with E-state index >= 15 is 0 Å². The topological polar surface area (TPSA) is 32.3 Å². The number of aromatic nitrogens is 2. The largest absolute Gasteiger partial charge is 0.311 e. The molecule has 11 rings (SSSR count). The molecule has 4 nitrogen and oxygen atoms in total. The van der Waals surface area contributed by atoms with Crippen molar-refractivity contribution < 1.29 is 0 Å². The lowest BCUT2D eigenvalue weighted by molar-refractivity contribution is 0.661. The number of rotatable bonds is 10. The number of fused-ring (bicyclic) bond motifs is 3. The maximum absolute atomic E-state index is 4.50. The summed E-state index contributed by atoms with van der Waals surface area (Å²) in [5, 5.41) is 0. The van der Waals surface area contributed by atoms with Crippen molar-refractivity contribution in [2.75, 3.05) is 9.80 Å². The van der Waals surface area contributed by atoms with Crippen LogP contribution >= 0.6 is 11.3 Å². The Morgan fingerprint density at radius 2 is 0.722 bits per heavy atom. The Balaban J connectivity index is 0.000000693. The molecule has 10 aromatic rings. The molecule has 0 amide bonds. The highest BCUT2D eigenvalue weighted by Crippen LogP contribution is 2.52. The Kier molecular flexibility index (Phi) is 21.4. The molecule has 2 heterocycles. The van der Waals surface area contributed by atoms with Crippen LogP contribution in [0.5, 0.6) is 0 Å². The van der Waals surface area contributed by atoms with Gasteiger partial charge in [-0.15, -0.1) is 11.3 Å². The number of nitrogens with zero attached hydrogens (tertiary/aromatic N) is 4. The van der Waals surface area contributed by atoms with Crippen LogP contribution in [0.15, 0.2) is 225 Å². The maximum atomic E-state index is 4.50. The first kappa shape index (κ1) is 58.4. The molecule has 400 valence electrons. The summed E-state index contributed by atoms with van der Waals surface area (Å²) in [6.45, 7) is 23.5. The zero-order valence-corrected chi connectivity index (χ0v) is 49.2. The lowest BCUT2D eigenvalue weighted by atomic mass is 9.81. The maximum Gasteiger partial charge on any atom is 0.204 e. The van der Waals surface area contributed by atoms with E-state index in [1.54, 1.807) is 6.92 Å². The van der Waals surface area contributed by atoms with Crippen molar-refractivity contribution in [3.05, 3.63) is 242 Å². The summed E-state index contributed by atoms with van der Waals surface area (Å²) in [5.74, 6) is 6.38. The summed E-state index contributed by atoms with van der Waals surface area (Å²) >= 11 is 1.86. The molecule has 1 aliphatic rings. The van der Waals surface area contributed by atoms with Gasteiger partial charge in [0.25, 0.3) is 0 Å². The molecular formula is C74H78N4S. The first-order valence-electron chi connectivity index (χ1n) is 28.3. The van der Waals surface area contributed by atoms with Gasteiger partial charge in [-0.25, -0.2) is 9.97 Å². The number of para-hydroxylation sites is 4. The van der Waals surface area contributed by atoms with Crippen molar-refractivity contribution in [1.29, 1.82) is 0 Å². The molecule has 0 fully saturated rings. The van der Waals surface area contributed by atoms with Crippen molar-refractivity contribution in [2.24, 2.45) is 0 Å². The summed E-state index contributed by atoms with van der Waals surface area (Å²) in [7, 11) is 0. The average Bonchev–Trinajstić information content (AvgIpc) is 4.17. The fraction of sp³-hybridized carbons (Fsp3) is 0.216. The van der Waals surface area contributed by atoms with Gasteiger partial charge >= 0.3 is 0 Å². The van der Waals surface area contributed by atoms with Crippen LogP contribution in [0.2, 0.25) is 0 Å². The molecule has 0 atom stereocenters. The number of hydrogen-bond acceptors (Lipinski definition) is 5. The van der Waals surface area contributed by atoms with Crippen LogP contribution in [0.4, 0.5) is 34.1 Å². The molecule has 79 heavy (non-hydrogen) atoms. The lowest BCUT2D eigenvalue weighted by Gasteiger charge is -2.25. The number of hydrogen-bond donors (Lipinski definition) is 0. The Bertz CT molecular complexity index is 3250. The highest BCUT2D eigenvalue weighted by atomic mass is 32.1. The third-order valence-corrected chi connectivity index (χ3v) is 14.0. The second-order valence-electron chi connectivity index (χ2n) is 20.1. The second kappa shape index (κ2) is 28.9. The number of thiophene rings is 1. The van der Waals surface area contributed by atoms with Gasteiger partial charge in [0, 0.05) is 72.8 Å². The van der Waals surface area contributed by atoms with Gasteiger partial charge < -0.3 is 9.80 Å². The highest BCUT2D eigenvalue weighted by Gasteiger charge is 2.36. The van der Waals surface area contributed by atoms with Crippen LogP contribution in [-0.4, -0.2) is 9.97 Å². The lowest BCUT2D eigenvalue weighted by Crippen LogP contribution is -2.15. The number of anilines is 6. The quantitative estimate of drug-likeness (QED) is 0.128. The second-order valence-corrected chi connectivity index (χ2v) is 21.2. The molecule has 8 aromatic carbocycles. The van der Waals surface area contributed by atoms with Gasteiger partial charge in [0.1, 0.15) is 0 Å². The van der Waals surface area contributed by atoms with E-state index in [2.05, 4.69) is 313 Å².